The van der Waals surface area contributed by atoms with Gasteiger partial charge in [-0.05, 0) is 27.8 Å². The van der Waals surface area contributed by atoms with Crippen LogP contribution < -0.4 is 10.2 Å². The first kappa shape index (κ1) is 26.2. The Morgan fingerprint density at radius 3 is 2.26 bits per heavy atom. The van der Waals surface area contributed by atoms with E-state index in [-0.39, 0.29) is 18.3 Å². The first-order valence-corrected chi connectivity index (χ1v) is 13.4. The number of allylic oxidation sites excluding steroid dienone is 5. The molecule has 5 rings (SSSR count). The number of carboxylic acids is 2. The van der Waals surface area contributed by atoms with Gasteiger partial charge in [-0.3, -0.25) is 19.5 Å². The molecule has 2 heterocycles. The van der Waals surface area contributed by atoms with E-state index in [1.54, 1.807) is 0 Å². The van der Waals surface area contributed by atoms with Gasteiger partial charge in [0.05, 0.1) is 25.1 Å². The molecule has 200 valence electrons. The lowest BCUT2D eigenvalue weighted by Gasteiger charge is -2.26. The Kier molecular flexibility index (Phi) is 7.24. The van der Waals surface area contributed by atoms with Crippen molar-refractivity contribution < 1.29 is 24.4 Å². The second-order valence-corrected chi connectivity index (χ2v) is 10.5. The van der Waals surface area contributed by atoms with Crippen LogP contribution in [0.5, 0.6) is 0 Å². The Balaban J connectivity index is 1.54. The van der Waals surface area contributed by atoms with Crippen LogP contribution in [0.15, 0.2) is 84.6 Å². The number of hydrogen-bond donors (Lipinski definition) is 3. The van der Waals surface area contributed by atoms with Crippen LogP contribution in [0, 0.1) is 0 Å². The lowest BCUT2D eigenvalue weighted by molar-refractivity contribution is -0.516. The SMILES string of the molecule is CC1(C)/C(=C/C=C/C=C/C2=[N+](CCC(=O)O)CCN2)N(CCC(=O)O)c2c1c1ccccc1c1ccccc21. The number of nitrogens with one attached hydrogen (secondary N) is 1. The van der Waals surface area contributed by atoms with Gasteiger partial charge in [-0.2, -0.15) is 0 Å². The Hall–Kier alpha value is -4.39. The van der Waals surface area contributed by atoms with Crippen LogP contribution in [-0.4, -0.2) is 58.7 Å². The van der Waals surface area contributed by atoms with Crippen molar-refractivity contribution in [2.45, 2.75) is 32.1 Å². The summed E-state index contributed by atoms with van der Waals surface area (Å²) in [5, 5.41) is 26.5. The fourth-order valence-electron chi connectivity index (χ4n) is 5.90. The van der Waals surface area contributed by atoms with Crippen LogP contribution >= 0.6 is 0 Å². The van der Waals surface area contributed by atoms with Crippen LogP contribution in [0.2, 0.25) is 0 Å². The quantitative estimate of drug-likeness (QED) is 0.206. The van der Waals surface area contributed by atoms with Crippen molar-refractivity contribution in [2.24, 2.45) is 0 Å². The molecule has 3 aromatic carbocycles. The van der Waals surface area contributed by atoms with E-state index in [1.807, 2.05) is 34.9 Å². The Bertz CT molecular complexity index is 1580. The number of carboxylic acid groups (broad SMARTS) is 2. The summed E-state index contributed by atoms with van der Waals surface area (Å²) in [6, 6.07) is 16.8. The van der Waals surface area contributed by atoms with E-state index in [1.165, 1.54) is 16.3 Å². The van der Waals surface area contributed by atoms with Gasteiger partial charge in [-0.15, -0.1) is 0 Å². The van der Waals surface area contributed by atoms with Crippen LogP contribution in [-0.2, 0) is 15.0 Å². The zero-order valence-corrected chi connectivity index (χ0v) is 22.4. The lowest BCUT2D eigenvalue weighted by Crippen LogP contribution is -2.28. The lowest BCUT2D eigenvalue weighted by atomic mass is 9.80. The summed E-state index contributed by atoms with van der Waals surface area (Å²) in [6.07, 6.45) is 10.1. The van der Waals surface area contributed by atoms with Crippen molar-refractivity contribution in [3.63, 3.8) is 0 Å². The normalized spacial score (nSPS) is 17.7. The second kappa shape index (κ2) is 10.8. The molecular formula is C32H34N3O4+. The van der Waals surface area contributed by atoms with Crippen molar-refractivity contribution in [3.8, 4) is 0 Å². The van der Waals surface area contributed by atoms with Gasteiger partial charge in [0.15, 0.2) is 0 Å². The van der Waals surface area contributed by atoms with Gasteiger partial charge in [0, 0.05) is 29.1 Å². The van der Waals surface area contributed by atoms with Crippen molar-refractivity contribution in [1.29, 1.82) is 0 Å². The van der Waals surface area contributed by atoms with Gasteiger partial charge in [0.1, 0.15) is 13.1 Å². The maximum atomic E-state index is 11.6. The van der Waals surface area contributed by atoms with Crippen molar-refractivity contribution in [2.75, 3.05) is 31.1 Å². The Labute approximate surface area is 228 Å². The van der Waals surface area contributed by atoms with Gasteiger partial charge in [0.25, 0.3) is 5.84 Å². The molecule has 0 atom stereocenters. The second-order valence-electron chi connectivity index (χ2n) is 10.5. The molecule has 3 aromatic rings. The minimum atomic E-state index is -0.822. The zero-order chi connectivity index (χ0) is 27.6. The molecule has 7 heteroatoms. The van der Waals surface area contributed by atoms with E-state index in [4.69, 9.17) is 5.11 Å². The van der Waals surface area contributed by atoms with Gasteiger partial charge in [0.2, 0.25) is 0 Å². The van der Waals surface area contributed by atoms with E-state index in [0.29, 0.717) is 13.1 Å². The molecule has 2 aliphatic heterocycles. The summed E-state index contributed by atoms with van der Waals surface area (Å²) in [4.78, 5) is 24.8. The molecule has 0 bridgehead atoms. The number of rotatable bonds is 9. The molecule has 0 fully saturated rings. The maximum Gasteiger partial charge on any atom is 0.307 e. The molecule has 2 aliphatic rings. The number of anilines is 1. The van der Waals surface area contributed by atoms with Gasteiger partial charge < -0.3 is 15.1 Å². The molecule has 39 heavy (non-hydrogen) atoms. The fourth-order valence-corrected chi connectivity index (χ4v) is 5.90. The molecular weight excluding hydrogens is 490 g/mol. The standard InChI is InChI=1S/C32H33N3O4/c1-32(2)26(14-4-3-5-15-27-33-18-21-34(27)19-16-28(36)37)35(20-17-29(38)39)31-25-13-9-7-11-23(25)22-10-6-8-12-24(22)30(31)32/h3-15H,16-21H2,1-2H3,(H2,36,37,38,39)/p+1/b4-3+,15-5+,26-14-. The average molecular weight is 525 g/mol. The highest BCUT2D eigenvalue weighted by Crippen LogP contribution is 2.54. The smallest absolute Gasteiger partial charge is 0.307 e. The van der Waals surface area contributed by atoms with Gasteiger partial charge in [-0.25, -0.2) is 0 Å². The fraction of sp³-hybridized carbons (Fsp3) is 0.281. The van der Waals surface area contributed by atoms with E-state index in [0.717, 1.165) is 41.1 Å². The molecule has 0 saturated carbocycles. The summed E-state index contributed by atoms with van der Waals surface area (Å²) in [7, 11) is 0. The summed E-state index contributed by atoms with van der Waals surface area (Å²) in [5.41, 5.74) is 3.02. The average Bonchev–Trinajstić information content (AvgIpc) is 3.45. The predicted octanol–water partition coefficient (Wildman–Crippen LogP) is 5.05. The maximum absolute atomic E-state index is 11.6. The first-order valence-electron chi connectivity index (χ1n) is 13.4. The van der Waals surface area contributed by atoms with Crippen LogP contribution in [0.3, 0.4) is 0 Å². The van der Waals surface area contributed by atoms with E-state index in [9.17, 15) is 14.7 Å². The predicted molar refractivity (Wildman–Crippen MR) is 156 cm³/mol. The van der Waals surface area contributed by atoms with Gasteiger partial charge >= 0.3 is 11.9 Å². The topological polar surface area (TPSA) is 92.9 Å². The Morgan fingerprint density at radius 1 is 0.923 bits per heavy atom. The number of aliphatic carboxylic acids is 2. The number of benzene rings is 3. The molecule has 0 radical (unpaired) electrons. The summed E-state index contributed by atoms with van der Waals surface area (Å²) < 4.78 is 2.04. The molecule has 0 spiro atoms. The molecule has 0 aliphatic carbocycles. The van der Waals surface area contributed by atoms with Gasteiger partial charge in [-0.1, -0.05) is 80.6 Å². The monoisotopic (exact) mass is 524 g/mol. The number of nitrogens with zero attached hydrogens (tertiary/aromatic N) is 2. The highest BCUT2D eigenvalue weighted by molar-refractivity contribution is 6.17. The van der Waals surface area contributed by atoms with Crippen molar-refractivity contribution in [1.82, 2.24) is 5.32 Å². The third-order valence-electron chi connectivity index (χ3n) is 7.64. The van der Waals surface area contributed by atoms with Crippen LogP contribution in [0.1, 0.15) is 32.3 Å². The molecule has 0 unspecified atom stereocenters. The minimum Gasteiger partial charge on any atom is -0.481 e. The molecule has 0 aromatic heterocycles. The molecule has 3 N–H and O–H groups in total. The third-order valence-corrected chi connectivity index (χ3v) is 7.64. The molecule has 7 nitrogen and oxygen atoms in total. The first-order chi connectivity index (χ1) is 18.8. The largest absolute Gasteiger partial charge is 0.481 e. The summed E-state index contributed by atoms with van der Waals surface area (Å²) >= 11 is 0. The summed E-state index contributed by atoms with van der Waals surface area (Å²) in [5.74, 6) is -0.703. The number of carbonyl (C=O) groups is 2. The van der Waals surface area contributed by atoms with E-state index < -0.39 is 11.9 Å². The number of fused-ring (bicyclic) bond motifs is 6. The Morgan fingerprint density at radius 2 is 1.56 bits per heavy atom. The molecule has 0 amide bonds. The highest BCUT2D eigenvalue weighted by atomic mass is 16.4. The number of amidine groups is 1. The highest BCUT2D eigenvalue weighted by Gasteiger charge is 2.42. The summed E-state index contributed by atoms with van der Waals surface area (Å²) in [6.45, 7) is 6.85. The van der Waals surface area contributed by atoms with E-state index >= 15 is 0 Å². The minimum absolute atomic E-state index is 0.0355. The third kappa shape index (κ3) is 5.04. The molecule has 0 saturated heterocycles. The van der Waals surface area contributed by atoms with Crippen LogP contribution in [0.4, 0.5) is 5.69 Å². The zero-order valence-electron chi connectivity index (χ0n) is 22.4. The van der Waals surface area contributed by atoms with Crippen molar-refractivity contribution in [3.05, 3.63) is 90.2 Å². The number of hydrogen-bond acceptors (Lipinski definition) is 4. The van der Waals surface area contributed by atoms with Crippen molar-refractivity contribution >= 4 is 45.0 Å². The van der Waals surface area contributed by atoms with Crippen LogP contribution in [0.25, 0.3) is 21.5 Å². The van der Waals surface area contributed by atoms with E-state index in [2.05, 4.69) is 72.6 Å².